The van der Waals surface area contributed by atoms with Gasteiger partial charge in [-0.05, 0) is 64.7 Å². The Morgan fingerprint density at radius 3 is 2.50 bits per heavy atom. The van der Waals surface area contributed by atoms with Crippen LogP contribution in [0.1, 0.15) is 11.1 Å². The zero-order valence-corrected chi connectivity index (χ0v) is 15.7. The smallest absolute Gasteiger partial charge is 0.131 e. The van der Waals surface area contributed by atoms with Crippen molar-refractivity contribution in [2.75, 3.05) is 12.9 Å². The van der Waals surface area contributed by atoms with E-state index in [1.54, 1.807) is 31.0 Å². The van der Waals surface area contributed by atoms with E-state index in [1.807, 2.05) is 36.4 Å². The second-order valence-electron chi connectivity index (χ2n) is 6.06. The first-order chi connectivity index (χ1) is 12.6. The van der Waals surface area contributed by atoms with Crippen LogP contribution >= 0.6 is 23.4 Å². The van der Waals surface area contributed by atoms with Gasteiger partial charge in [0.2, 0.25) is 0 Å². The molecule has 0 amide bonds. The van der Waals surface area contributed by atoms with Gasteiger partial charge in [0.25, 0.3) is 0 Å². The molecule has 0 bridgehead atoms. The lowest BCUT2D eigenvalue weighted by Crippen LogP contribution is -1.96. The minimum atomic E-state index is -0.255. The molecule has 4 rings (SSSR count). The van der Waals surface area contributed by atoms with Crippen molar-refractivity contribution in [3.63, 3.8) is 0 Å². The molecule has 0 atom stereocenters. The van der Waals surface area contributed by atoms with Gasteiger partial charge in [0.1, 0.15) is 11.6 Å². The van der Waals surface area contributed by atoms with E-state index in [0.717, 1.165) is 27.5 Å². The number of methoxy groups -OCH3 is 1. The highest BCUT2D eigenvalue weighted by molar-refractivity contribution is 7.99. The van der Waals surface area contributed by atoms with Crippen molar-refractivity contribution in [3.05, 3.63) is 82.6 Å². The van der Waals surface area contributed by atoms with Crippen LogP contribution in [-0.4, -0.2) is 12.9 Å². The van der Waals surface area contributed by atoms with Gasteiger partial charge >= 0.3 is 0 Å². The number of benzene rings is 3. The van der Waals surface area contributed by atoms with Crippen LogP contribution in [0.2, 0.25) is 5.02 Å². The summed E-state index contributed by atoms with van der Waals surface area (Å²) in [4.78, 5) is 1.24. The summed E-state index contributed by atoms with van der Waals surface area (Å²) < 4.78 is 19.4. The highest BCUT2D eigenvalue weighted by Gasteiger charge is 2.13. The summed E-state index contributed by atoms with van der Waals surface area (Å²) in [6.45, 7) is 0. The number of fused-ring (bicyclic) bond motifs is 1. The molecule has 4 heteroatoms. The van der Waals surface area contributed by atoms with E-state index in [1.165, 1.54) is 16.5 Å². The Morgan fingerprint density at radius 1 is 0.962 bits per heavy atom. The Morgan fingerprint density at radius 2 is 1.73 bits per heavy atom. The highest BCUT2D eigenvalue weighted by Crippen LogP contribution is 2.37. The van der Waals surface area contributed by atoms with Gasteiger partial charge in [0.05, 0.1) is 7.11 Å². The van der Waals surface area contributed by atoms with Gasteiger partial charge in [0.15, 0.2) is 0 Å². The minimum Gasteiger partial charge on any atom is -0.497 e. The summed E-state index contributed by atoms with van der Waals surface area (Å²) in [5.74, 6) is 1.29. The summed E-state index contributed by atoms with van der Waals surface area (Å²) in [6.07, 6.45) is 2.18. The zero-order valence-electron chi connectivity index (χ0n) is 14.1. The molecule has 0 fully saturated rings. The van der Waals surface area contributed by atoms with E-state index in [9.17, 15) is 4.39 Å². The maximum Gasteiger partial charge on any atom is 0.131 e. The fraction of sp³-hybridized carbons (Fsp3) is 0.0909. The number of hydrogen-bond donors (Lipinski definition) is 0. The zero-order chi connectivity index (χ0) is 18.1. The van der Waals surface area contributed by atoms with E-state index < -0.39 is 0 Å². The van der Waals surface area contributed by atoms with Crippen LogP contribution in [0.15, 0.2) is 65.6 Å². The highest BCUT2D eigenvalue weighted by atomic mass is 35.5. The second kappa shape index (κ2) is 7.18. The molecule has 0 saturated carbocycles. The van der Waals surface area contributed by atoms with Crippen LogP contribution < -0.4 is 4.74 Å². The molecule has 0 aromatic heterocycles. The lowest BCUT2D eigenvalue weighted by Gasteiger charge is -2.17. The average Bonchev–Trinajstić information content (AvgIpc) is 2.68. The van der Waals surface area contributed by atoms with Gasteiger partial charge in [0, 0.05) is 21.2 Å². The summed E-state index contributed by atoms with van der Waals surface area (Å²) in [5, 5.41) is 0.741. The van der Waals surface area contributed by atoms with Crippen LogP contribution in [0.5, 0.6) is 5.75 Å². The molecule has 1 nitrogen and oxygen atoms in total. The molecule has 0 spiro atoms. The van der Waals surface area contributed by atoms with Crippen molar-refractivity contribution >= 4 is 35.0 Å². The predicted octanol–water partition coefficient (Wildman–Crippen LogP) is 6.80. The van der Waals surface area contributed by atoms with Crippen LogP contribution in [-0.2, 0) is 0 Å². The lowest BCUT2D eigenvalue weighted by atomic mass is 9.99. The fourth-order valence-electron chi connectivity index (χ4n) is 3.03. The standard InChI is InChI=1S/C22H16ClFOS/c1-25-19-7-8-21(24)20(12-19)15-4-2-14(3-5-15)17-10-16-11-18(23)6-9-22(16)26-13-17/h2-12H,13H2,1H3. The number of halogens is 2. The molecule has 130 valence electrons. The molecule has 1 aliphatic rings. The van der Waals surface area contributed by atoms with Gasteiger partial charge in [-0.3, -0.25) is 0 Å². The van der Waals surface area contributed by atoms with E-state index in [-0.39, 0.29) is 5.82 Å². The number of thioether (sulfide) groups is 1. The number of ether oxygens (including phenoxy) is 1. The number of hydrogen-bond acceptors (Lipinski definition) is 2. The summed E-state index contributed by atoms with van der Waals surface area (Å²) in [7, 11) is 1.58. The first kappa shape index (κ1) is 17.2. The molecule has 0 unspecified atom stereocenters. The van der Waals surface area contributed by atoms with Gasteiger partial charge in [-0.2, -0.15) is 0 Å². The Balaban J connectivity index is 1.67. The SMILES string of the molecule is COc1ccc(F)c(-c2ccc(C3=Cc4cc(Cl)ccc4SC3)cc2)c1. The third-order valence-electron chi connectivity index (χ3n) is 4.42. The van der Waals surface area contributed by atoms with Crippen molar-refractivity contribution in [3.8, 4) is 16.9 Å². The van der Waals surface area contributed by atoms with E-state index in [2.05, 4.69) is 12.1 Å². The minimum absolute atomic E-state index is 0.255. The Bertz CT molecular complexity index is 996. The normalized spacial score (nSPS) is 13.1. The van der Waals surface area contributed by atoms with Crippen LogP contribution in [0.3, 0.4) is 0 Å². The van der Waals surface area contributed by atoms with Gasteiger partial charge in [-0.15, -0.1) is 11.8 Å². The molecule has 0 N–H and O–H groups in total. The van der Waals surface area contributed by atoms with E-state index in [0.29, 0.717) is 11.3 Å². The van der Waals surface area contributed by atoms with Crippen molar-refractivity contribution in [1.82, 2.24) is 0 Å². The molecule has 3 aromatic rings. The molecular weight excluding hydrogens is 367 g/mol. The topological polar surface area (TPSA) is 9.23 Å². The first-order valence-corrected chi connectivity index (χ1v) is 9.58. The Kier molecular flexibility index (Phi) is 4.75. The summed E-state index contributed by atoms with van der Waals surface area (Å²) >= 11 is 7.92. The van der Waals surface area contributed by atoms with E-state index >= 15 is 0 Å². The summed E-state index contributed by atoms with van der Waals surface area (Å²) in [5.41, 5.74) is 4.89. The van der Waals surface area contributed by atoms with Gasteiger partial charge in [-0.25, -0.2) is 4.39 Å². The first-order valence-electron chi connectivity index (χ1n) is 8.21. The quantitative estimate of drug-likeness (QED) is 0.492. The lowest BCUT2D eigenvalue weighted by molar-refractivity contribution is 0.414. The van der Waals surface area contributed by atoms with Crippen molar-refractivity contribution < 1.29 is 9.13 Å². The molecule has 3 aromatic carbocycles. The Labute approximate surface area is 161 Å². The third kappa shape index (κ3) is 3.37. The predicted molar refractivity (Wildman–Crippen MR) is 108 cm³/mol. The van der Waals surface area contributed by atoms with Crippen molar-refractivity contribution in [2.24, 2.45) is 0 Å². The maximum absolute atomic E-state index is 14.2. The summed E-state index contributed by atoms with van der Waals surface area (Å²) in [6, 6.07) is 18.7. The van der Waals surface area contributed by atoms with Crippen molar-refractivity contribution in [2.45, 2.75) is 4.90 Å². The van der Waals surface area contributed by atoms with Crippen LogP contribution in [0.4, 0.5) is 4.39 Å². The van der Waals surface area contributed by atoms with E-state index in [4.69, 9.17) is 16.3 Å². The molecule has 26 heavy (non-hydrogen) atoms. The monoisotopic (exact) mass is 382 g/mol. The maximum atomic E-state index is 14.2. The van der Waals surface area contributed by atoms with Crippen molar-refractivity contribution in [1.29, 1.82) is 0 Å². The Hall–Kier alpha value is -2.23. The molecule has 0 saturated heterocycles. The van der Waals surface area contributed by atoms with Crippen LogP contribution in [0.25, 0.3) is 22.8 Å². The fourth-order valence-corrected chi connectivity index (χ4v) is 4.22. The molecule has 0 aliphatic carbocycles. The molecule has 1 heterocycles. The van der Waals surface area contributed by atoms with Gasteiger partial charge in [-0.1, -0.05) is 35.9 Å². The number of rotatable bonds is 3. The molecule has 0 radical (unpaired) electrons. The molecule has 1 aliphatic heterocycles. The second-order valence-corrected chi connectivity index (χ2v) is 7.52. The third-order valence-corrected chi connectivity index (χ3v) is 5.80. The van der Waals surface area contributed by atoms with Gasteiger partial charge < -0.3 is 4.74 Å². The molecular formula is C22H16ClFOS. The average molecular weight is 383 g/mol. The van der Waals surface area contributed by atoms with Crippen LogP contribution in [0, 0.1) is 5.82 Å². The largest absolute Gasteiger partial charge is 0.497 e.